The third kappa shape index (κ3) is 2.18. The summed E-state index contributed by atoms with van der Waals surface area (Å²) in [5, 5.41) is 2.86. The maximum Gasteiger partial charge on any atom is 0.239 e. The van der Waals surface area contributed by atoms with Gasteiger partial charge in [-0.1, -0.05) is 0 Å². The highest BCUT2D eigenvalue weighted by atomic mass is 19.1. The highest BCUT2D eigenvalue weighted by molar-refractivity contribution is 5.82. The number of hydrogen-bond donors (Lipinski definition) is 1. The number of carbonyl (C=O) groups excluding carboxylic acids is 1. The van der Waals surface area contributed by atoms with Gasteiger partial charge in [-0.15, -0.1) is 0 Å². The van der Waals surface area contributed by atoms with Crippen molar-refractivity contribution in [2.45, 2.75) is 38.5 Å². The smallest absolute Gasteiger partial charge is 0.239 e. The van der Waals surface area contributed by atoms with Crippen molar-refractivity contribution in [3.05, 3.63) is 0 Å². The average Bonchev–Trinajstić information content (AvgIpc) is 2.42. The van der Waals surface area contributed by atoms with Crippen LogP contribution in [0, 0.1) is 0 Å². The molecule has 76 valence electrons. The number of likely N-dealkylation sites (N-methyl/N-ethyl adjacent to an activating group) is 1. The summed E-state index contributed by atoms with van der Waals surface area (Å²) in [6, 6.07) is -0.175. The number of amides is 1. The minimum Gasteiger partial charge on any atom is -0.336 e. The molecule has 1 amide bonds. The molecule has 13 heavy (non-hydrogen) atoms. The van der Waals surface area contributed by atoms with Gasteiger partial charge in [0.2, 0.25) is 5.91 Å². The number of rotatable bonds is 2. The van der Waals surface area contributed by atoms with Gasteiger partial charge in [-0.3, -0.25) is 4.79 Å². The Morgan fingerprint density at radius 1 is 1.69 bits per heavy atom. The number of carbonyl (C=O) groups is 1. The van der Waals surface area contributed by atoms with Gasteiger partial charge in [0.1, 0.15) is 6.17 Å². The van der Waals surface area contributed by atoms with Crippen molar-refractivity contribution in [1.82, 2.24) is 10.2 Å². The summed E-state index contributed by atoms with van der Waals surface area (Å²) < 4.78 is 12.9. The first-order chi connectivity index (χ1) is 6.06. The van der Waals surface area contributed by atoms with Crippen LogP contribution in [0.25, 0.3) is 0 Å². The first-order valence-electron chi connectivity index (χ1n) is 4.68. The highest BCUT2D eigenvalue weighted by Crippen LogP contribution is 2.20. The topological polar surface area (TPSA) is 32.3 Å². The molecular formula is C9H17FN2O. The Balaban J connectivity index is 2.57. The number of halogens is 1. The Morgan fingerprint density at radius 3 is 2.69 bits per heavy atom. The molecule has 3 atom stereocenters. The van der Waals surface area contributed by atoms with Crippen LogP contribution in [0.4, 0.5) is 4.39 Å². The van der Waals surface area contributed by atoms with Crippen molar-refractivity contribution in [1.29, 1.82) is 0 Å². The molecule has 1 fully saturated rings. The van der Waals surface area contributed by atoms with E-state index >= 15 is 0 Å². The zero-order chi connectivity index (χ0) is 10.0. The van der Waals surface area contributed by atoms with E-state index in [2.05, 4.69) is 5.32 Å². The second kappa shape index (κ2) is 4.05. The standard InChI is InChI=1S/C9H17FN2O/c1-6-4-8(10)5-12(6)9(13)7(2)11-3/h6-8,11H,4-5H2,1-3H3/t6-,7+,8+/m1/s1. The molecule has 1 aliphatic rings. The molecule has 0 saturated carbocycles. The highest BCUT2D eigenvalue weighted by Gasteiger charge is 2.33. The second-order valence-electron chi connectivity index (χ2n) is 3.68. The first-order valence-corrected chi connectivity index (χ1v) is 4.68. The molecule has 0 unspecified atom stereocenters. The number of alkyl halides is 1. The lowest BCUT2D eigenvalue weighted by molar-refractivity contribution is -0.133. The number of likely N-dealkylation sites (tertiary alicyclic amines) is 1. The minimum absolute atomic E-state index is 0.00449. The molecule has 0 spiro atoms. The molecule has 0 aliphatic carbocycles. The fraction of sp³-hybridized carbons (Fsp3) is 0.889. The summed E-state index contributed by atoms with van der Waals surface area (Å²) in [5.74, 6) is -0.00449. The van der Waals surface area contributed by atoms with E-state index < -0.39 is 6.17 Å². The first kappa shape index (κ1) is 10.4. The number of hydrogen-bond acceptors (Lipinski definition) is 2. The van der Waals surface area contributed by atoms with Gasteiger partial charge in [-0.05, 0) is 20.9 Å². The Hall–Kier alpha value is -0.640. The molecule has 4 heteroatoms. The Bertz CT molecular complexity index is 198. The van der Waals surface area contributed by atoms with Crippen LogP contribution in [0.15, 0.2) is 0 Å². The van der Waals surface area contributed by atoms with Crippen LogP contribution < -0.4 is 5.32 Å². The number of nitrogens with one attached hydrogen (secondary N) is 1. The molecule has 0 aromatic carbocycles. The van der Waals surface area contributed by atoms with Crippen LogP contribution >= 0.6 is 0 Å². The van der Waals surface area contributed by atoms with Gasteiger partial charge in [0.25, 0.3) is 0 Å². The predicted molar refractivity (Wildman–Crippen MR) is 49.2 cm³/mol. The monoisotopic (exact) mass is 188 g/mol. The summed E-state index contributed by atoms with van der Waals surface area (Å²) in [6.07, 6.45) is -0.370. The lowest BCUT2D eigenvalue weighted by Crippen LogP contribution is -2.45. The fourth-order valence-corrected chi connectivity index (χ4v) is 1.64. The van der Waals surface area contributed by atoms with Gasteiger partial charge in [-0.2, -0.15) is 0 Å². The summed E-state index contributed by atoms with van der Waals surface area (Å²) in [7, 11) is 1.73. The van der Waals surface area contributed by atoms with E-state index in [1.165, 1.54) is 0 Å². The maximum atomic E-state index is 12.9. The molecule has 0 bridgehead atoms. The third-order valence-corrected chi connectivity index (χ3v) is 2.61. The minimum atomic E-state index is -0.844. The van der Waals surface area contributed by atoms with Crippen LogP contribution in [0.1, 0.15) is 20.3 Å². The number of nitrogens with zero attached hydrogens (tertiary/aromatic N) is 1. The Kier molecular flexibility index (Phi) is 3.25. The largest absolute Gasteiger partial charge is 0.336 e. The molecule has 1 aliphatic heterocycles. The molecule has 0 aromatic rings. The Labute approximate surface area is 78.3 Å². The molecule has 0 aromatic heterocycles. The zero-order valence-electron chi connectivity index (χ0n) is 8.38. The summed E-state index contributed by atoms with van der Waals surface area (Å²) in [4.78, 5) is 13.2. The lowest BCUT2D eigenvalue weighted by Gasteiger charge is -2.24. The third-order valence-electron chi connectivity index (χ3n) is 2.61. The van der Waals surface area contributed by atoms with Gasteiger partial charge in [0.05, 0.1) is 12.6 Å². The van der Waals surface area contributed by atoms with Crippen molar-refractivity contribution < 1.29 is 9.18 Å². The van der Waals surface area contributed by atoms with Gasteiger partial charge in [0, 0.05) is 12.5 Å². The van der Waals surface area contributed by atoms with Crippen LogP contribution in [0.3, 0.4) is 0 Å². The van der Waals surface area contributed by atoms with Crippen molar-refractivity contribution in [2.75, 3.05) is 13.6 Å². The van der Waals surface area contributed by atoms with Crippen LogP contribution in [0.5, 0.6) is 0 Å². The van der Waals surface area contributed by atoms with Crippen molar-refractivity contribution in [3.63, 3.8) is 0 Å². The fourth-order valence-electron chi connectivity index (χ4n) is 1.64. The molecule has 1 heterocycles. The molecule has 0 radical (unpaired) electrons. The van der Waals surface area contributed by atoms with Crippen LogP contribution in [-0.4, -0.2) is 42.7 Å². The Morgan fingerprint density at radius 2 is 2.31 bits per heavy atom. The summed E-state index contributed by atoms with van der Waals surface area (Å²) in [5.41, 5.74) is 0. The molecule has 3 nitrogen and oxygen atoms in total. The van der Waals surface area contributed by atoms with E-state index in [9.17, 15) is 9.18 Å². The quantitative estimate of drug-likeness (QED) is 0.686. The molecular weight excluding hydrogens is 171 g/mol. The van der Waals surface area contributed by atoms with Crippen LogP contribution in [0.2, 0.25) is 0 Å². The van der Waals surface area contributed by atoms with E-state index in [1.54, 1.807) is 18.9 Å². The van der Waals surface area contributed by atoms with Gasteiger partial charge in [-0.25, -0.2) is 4.39 Å². The van der Waals surface area contributed by atoms with E-state index in [1.807, 2.05) is 6.92 Å². The maximum absolute atomic E-state index is 12.9. The normalized spacial score (nSPS) is 30.6. The van der Waals surface area contributed by atoms with Crippen molar-refractivity contribution in [3.8, 4) is 0 Å². The van der Waals surface area contributed by atoms with Crippen molar-refractivity contribution >= 4 is 5.91 Å². The van der Waals surface area contributed by atoms with E-state index in [0.29, 0.717) is 6.42 Å². The van der Waals surface area contributed by atoms with E-state index in [4.69, 9.17) is 0 Å². The van der Waals surface area contributed by atoms with Crippen LogP contribution in [-0.2, 0) is 4.79 Å². The second-order valence-corrected chi connectivity index (χ2v) is 3.68. The lowest BCUT2D eigenvalue weighted by atomic mass is 10.2. The van der Waals surface area contributed by atoms with Gasteiger partial charge >= 0.3 is 0 Å². The van der Waals surface area contributed by atoms with Gasteiger partial charge < -0.3 is 10.2 Å². The molecule has 1 N–H and O–H groups in total. The van der Waals surface area contributed by atoms with E-state index in [-0.39, 0.29) is 24.5 Å². The van der Waals surface area contributed by atoms with E-state index in [0.717, 1.165) is 0 Å². The average molecular weight is 188 g/mol. The SMILES string of the molecule is CN[C@@H](C)C(=O)N1C[C@@H](F)C[C@H]1C. The molecule has 1 rings (SSSR count). The molecule has 1 saturated heterocycles. The predicted octanol–water partition coefficient (Wildman–Crippen LogP) is 0.553. The summed E-state index contributed by atoms with van der Waals surface area (Å²) in [6.45, 7) is 3.94. The van der Waals surface area contributed by atoms with Gasteiger partial charge in [0.15, 0.2) is 0 Å². The summed E-state index contributed by atoms with van der Waals surface area (Å²) >= 11 is 0. The zero-order valence-corrected chi connectivity index (χ0v) is 8.38. The van der Waals surface area contributed by atoms with Crippen molar-refractivity contribution in [2.24, 2.45) is 0 Å².